The third kappa shape index (κ3) is 5.41. The molecule has 2 aromatic rings. The van der Waals surface area contributed by atoms with Crippen LogP contribution in [0.5, 0.6) is 5.88 Å². The van der Waals surface area contributed by atoms with Crippen molar-refractivity contribution in [1.82, 2.24) is 9.88 Å². The van der Waals surface area contributed by atoms with Crippen molar-refractivity contribution >= 4 is 57.9 Å². The highest BCUT2D eigenvalue weighted by molar-refractivity contribution is 8.26. The molecule has 0 radical (unpaired) electrons. The van der Waals surface area contributed by atoms with Crippen LogP contribution in [0.15, 0.2) is 33.7 Å². The summed E-state index contributed by atoms with van der Waals surface area (Å²) in [7, 11) is 1.51. The molecule has 3 rings (SSSR count). The number of carboxylic acid groups (broad SMARTS) is 1. The van der Waals surface area contributed by atoms with Gasteiger partial charge in [0.1, 0.15) is 15.8 Å². The van der Waals surface area contributed by atoms with E-state index in [1.165, 1.54) is 25.1 Å². The van der Waals surface area contributed by atoms with Gasteiger partial charge in [0.15, 0.2) is 0 Å². The second-order valence-corrected chi connectivity index (χ2v) is 8.56. The molecule has 158 valence electrons. The van der Waals surface area contributed by atoms with E-state index in [2.05, 4.69) is 4.98 Å². The minimum atomic E-state index is -0.812. The lowest BCUT2D eigenvalue weighted by Gasteiger charge is -2.13. The van der Waals surface area contributed by atoms with Crippen LogP contribution >= 0.6 is 35.6 Å². The van der Waals surface area contributed by atoms with E-state index in [-0.39, 0.29) is 12.3 Å². The zero-order chi connectivity index (χ0) is 21.7. The molecule has 0 unspecified atom stereocenters. The Morgan fingerprint density at radius 2 is 2.20 bits per heavy atom. The summed E-state index contributed by atoms with van der Waals surface area (Å²) in [4.78, 5) is 29.4. The number of aromatic nitrogens is 1. The standard InChI is InChI=1S/C20H19ClN2O5S2/c1-27-18-14(9-12(21)11-22-18)15-7-6-13(28-15)10-16-19(26)23(20(29)30-16)8-4-2-3-5-17(24)25/h6-7,9-11H,2-5,8H2,1H3,(H,24,25). The molecule has 1 aliphatic rings. The van der Waals surface area contributed by atoms with Gasteiger partial charge in [-0.1, -0.05) is 42.0 Å². The van der Waals surface area contributed by atoms with Crippen molar-refractivity contribution in [3.05, 3.63) is 40.1 Å². The molecule has 10 heteroatoms. The van der Waals surface area contributed by atoms with Gasteiger partial charge in [0, 0.05) is 25.2 Å². The van der Waals surface area contributed by atoms with Crippen LogP contribution in [0.25, 0.3) is 17.4 Å². The van der Waals surface area contributed by atoms with Crippen LogP contribution in [-0.2, 0) is 9.59 Å². The van der Waals surface area contributed by atoms with Crippen LogP contribution in [0, 0.1) is 0 Å². The number of thiocarbonyl (C=S) groups is 1. The number of rotatable bonds is 9. The molecule has 3 heterocycles. The number of furan rings is 1. The number of carbonyl (C=O) groups excluding carboxylic acids is 1. The number of aliphatic carboxylic acids is 1. The van der Waals surface area contributed by atoms with Crippen molar-refractivity contribution in [3.63, 3.8) is 0 Å². The number of ether oxygens (including phenoxy) is 1. The Balaban J connectivity index is 1.68. The third-order valence-electron chi connectivity index (χ3n) is 4.32. The molecule has 0 spiro atoms. The number of unbranched alkanes of at least 4 members (excludes halogenated alkanes) is 2. The second kappa shape index (κ2) is 10.1. The highest BCUT2D eigenvalue weighted by atomic mass is 35.5. The Morgan fingerprint density at radius 1 is 1.40 bits per heavy atom. The van der Waals surface area contributed by atoms with E-state index in [9.17, 15) is 9.59 Å². The van der Waals surface area contributed by atoms with Crippen LogP contribution in [0.4, 0.5) is 0 Å². The largest absolute Gasteiger partial charge is 0.481 e. The number of hydrogen-bond acceptors (Lipinski definition) is 7. The maximum Gasteiger partial charge on any atom is 0.303 e. The van der Waals surface area contributed by atoms with E-state index >= 15 is 0 Å². The van der Waals surface area contributed by atoms with E-state index in [4.69, 9.17) is 38.1 Å². The first-order valence-corrected chi connectivity index (χ1v) is 10.8. The SMILES string of the molecule is COc1ncc(Cl)cc1-c1ccc(C=C2SC(=S)N(CCCCCC(=O)O)C2=O)o1. The highest BCUT2D eigenvalue weighted by Crippen LogP contribution is 2.35. The lowest BCUT2D eigenvalue weighted by molar-refractivity contribution is -0.137. The number of hydrogen-bond donors (Lipinski definition) is 1. The molecule has 1 amide bonds. The summed E-state index contributed by atoms with van der Waals surface area (Å²) in [6, 6.07) is 5.19. The zero-order valence-corrected chi connectivity index (χ0v) is 18.5. The molecule has 1 aliphatic heterocycles. The van der Waals surface area contributed by atoms with Gasteiger partial charge in [-0.3, -0.25) is 14.5 Å². The average Bonchev–Trinajstić information content (AvgIpc) is 3.27. The Morgan fingerprint density at radius 3 is 2.93 bits per heavy atom. The Bertz CT molecular complexity index is 1000. The lowest BCUT2D eigenvalue weighted by Crippen LogP contribution is -2.29. The van der Waals surface area contributed by atoms with Gasteiger partial charge in [-0.05, 0) is 31.0 Å². The number of pyridine rings is 1. The third-order valence-corrected chi connectivity index (χ3v) is 5.91. The average molecular weight is 467 g/mol. The molecule has 0 aromatic carbocycles. The Labute approximate surface area is 188 Å². The van der Waals surface area contributed by atoms with E-state index in [1.807, 2.05) is 0 Å². The van der Waals surface area contributed by atoms with Crippen molar-refractivity contribution in [3.8, 4) is 17.2 Å². The van der Waals surface area contributed by atoms with Crippen molar-refractivity contribution in [2.45, 2.75) is 25.7 Å². The summed E-state index contributed by atoms with van der Waals surface area (Å²) < 4.78 is 11.6. The number of carbonyl (C=O) groups is 2. The molecule has 1 fully saturated rings. The summed E-state index contributed by atoms with van der Waals surface area (Å²) >= 11 is 12.6. The fraction of sp³-hybridized carbons (Fsp3) is 0.300. The topological polar surface area (TPSA) is 92.9 Å². The Kier molecular flexibility index (Phi) is 7.52. The Hall–Kier alpha value is -2.36. The van der Waals surface area contributed by atoms with Gasteiger partial charge in [-0.2, -0.15) is 0 Å². The number of thioether (sulfide) groups is 1. The minimum absolute atomic E-state index is 0.131. The van der Waals surface area contributed by atoms with Gasteiger partial charge in [0.2, 0.25) is 5.88 Å². The number of halogens is 1. The maximum absolute atomic E-state index is 12.7. The van der Waals surface area contributed by atoms with Crippen molar-refractivity contribution in [2.75, 3.05) is 13.7 Å². The van der Waals surface area contributed by atoms with Crippen LogP contribution in [0.2, 0.25) is 5.02 Å². The molecule has 2 aromatic heterocycles. The first-order chi connectivity index (χ1) is 14.4. The zero-order valence-electron chi connectivity index (χ0n) is 16.1. The summed E-state index contributed by atoms with van der Waals surface area (Å²) in [5.41, 5.74) is 0.610. The smallest absolute Gasteiger partial charge is 0.303 e. The fourth-order valence-corrected chi connectivity index (χ4v) is 4.33. The van der Waals surface area contributed by atoms with Gasteiger partial charge in [0.25, 0.3) is 5.91 Å². The van der Waals surface area contributed by atoms with Crippen LogP contribution in [-0.4, -0.2) is 44.8 Å². The van der Waals surface area contributed by atoms with Crippen LogP contribution < -0.4 is 4.74 Å². The van der Waals surface area contributed by atoms with E-state index in [0.717, 1.165) is 6.42 Å². The van der Waals surface area contributed by atoms with Crippen molar-refractivity contribution < 1.29 is 23.8 Å². The first-order valence-electron chi connectivity index (χ1n) is 9.16. The highest BCUT2D eigenvalue weighted by Gasteiger charge is 2.31. The fourth-order valence-electron chi connectivity index (χ4n) is 2.89. The number of methoxy groups -OCH3 is 1. The molecule has 0 atom stereocenters. The molecular weight excluding hydrogens is 448 g/mol. The minimum Gasteiger partial charge on any atom is -0.481 e. The summed E-state index contributed by atoms with van der Waals surface area (Å²) in [6.07, 6.45) is 5.26. The predicted molar refractivity (Wildman–Crippen MR) is 119 cm³/mol. The molecular formula is C20H19ClN2O5S2. The molecule has 30 heavy (non-hydrogen) atoms. The normalized spacial score (nSPS) is 15.3. The molecule has 1 saturated heterocycles. The molecule has 1 N–H and O–H groups in total. The van der Waals surface area contributed by atoms with Gasteiger partial charge >= 0.3 is 5.97 Å². The summed E-state index contributed by atoms with van der Waals surface area (Å²) in [5.74, 6) is 0.404. The lowest BCUT2D eigenvalue weighted by atomic mass is 10.2. The number of carboxylic acids is 1. The summed E-state index contributed by atoms with van der Waals surface area (Å²) in [6.45, 7) is 0.469. The number of nitrogens with zero attached hydrogens (tertiary/aromatic N) is 2. The van der Waals surface area contributed by atoms with Crippen LogP contribution in [0.1, 0.15) is 31.4 Å². The van der Waals surface area contributed by atoms with E-state index in [0.29, 0.717) is 56.6 Å². The van der Waals surface area contributed by atoms with Crippen molar-refractivity contribution in [1.29, 1.82) is 0 Å². The summed E-state index contributed by atoms with van der Waals surface area (Å²) in [5, 5.41) is 9.13. The van der Waals surface area contributed by atoms with Gasteiger partial charge in [0.05, 0.1) is 22.6 Å². The van der Waals surface area contributed by atoms with Gasteiger partial charge in [-0.15, -0.1) is 0 Å². The molecule has 0 saturated carbocycles. The maximum atomic E-state index is 12.7. The van der Waals surface area contributed by atoms with Crippen LogP contribution in [0.3, 0.4) is 0 Å². The van der Waals surface area contributed by atoms with E-state index in [1.54, 1.807) is 29.2 Å². The molecule has 0 aliphatic carbocycles. The quantitative estimate of drug-likeness (QED) is 0.318. The predicted octanol–water partition coefficient (Wildman–Crippen LogP) is 4.85. The van der Waals surface area contributed by atoms with Gasteiger partial charge < -0.3 is 14.3 Å². The van der Waals surface area contributed by atoms with Gasteiger partial charge in [-0.25, -0.2) is 4.98 Å². The first kappa shape index (κ1) is 22.3. The number of amides is 1. The monoisotopic (exact) mass is 466 g/mol. The second-order valence-electron chi connectivity index (χ2n) is 6.45. The molecule has 7 nitrogen and oxygen atoms in total. The van der Waals surface area contributed by atoms with Crippen molar-refractivity contribution in [2.24, 2.45) is 0 Å². The van der Waals surface area contributed by atoms with E-state index < -0.39 is 5.97 Å². The molecule has 0 bridgehead atoms.